The molecule has 2 heterocycles. The summed E-state index contributed by atoms with van der Waals surface area (Å²) in [5, 5.41) is 0. The predicted octanol–water partition coefficient (Wildman–Crippen LogP) is 5.09. The largest absolute Gasteiger partial charge is 0.381 e. The lowest BCUT2D eigenvalue weighted by Gasteiger charge is -2.39. The predicted molar refractivity (Wildman–Crippen MR) is 114 cm³/mol. The van der Waals surface area contributed by atoms with Gasteiger partial charge in [-0.1, -0.05) is 68.4 Å². The molecule has 3 nitrogen and oxygen atoms in total. The fraction of sp³-hybridized carbons (Fsp3) is 0.520. The second kappa shape index (κ2) is 8.36. The molecule has 150 valence electrons. The molecule has 28 heavy (non-hydrogen) atoms. The molecular formula is C25H33NO2. The maximum absolute atomic E-state index is 7.18. The Hall–Kier alpha value is -1.68. The molecule has 1 saturated heterocycles. The van der Waals surface area contributed by atoms with E-state index in [9.17, 15) is 0 Å². The minimum Gasteiger partial charge on any atom is -0.381 e. The molecule has 1 fully saturated rings. The number of rotatable bonds is 7. The van der Waals surface area contributed by atoms with Crippen LogP contribution in [-0.2, 0) is 20.7 Å². The third-order valence-corrected chi connectivity index (χ3v) is 6.66. The first-order valence-electron chi connectivity index (χ1n) is 10.9. The Labute approximate surface area is 169 Å². The van der Waals surface area contributed by atoms with Gasteiger partial charge in [-0.3, -0.25) is 0 Å². The van der Waals surface area contributed by atoms with Crippen molar-refractivity contribution in [2.24, 2.45) is 0 Å². The Kier molecular flexibility index (Phi) is 5.86. The van der Waals surface area contributed by atoms with Crippen LogP contribution in [-0.4, -0.2) is 37.7 Å². The minimum atomic E-state index is -0.359. The average Bonchev–Trinajstić information content (AvgIpc) is 3.03. The number of nitrogens with zero attached hydrogens (tertiary/aromatic N) is 1. The van der Waals surface area contributed by atoms with Crippen LogP contribution < -0.4 is 0 Å². The topological polar surface area (TPSA) is 21.7 Å². The van der Waals surface area contributed by atoms with Gasteiger partial charge >= 0.3 is 0 Å². The monoisotopic (exact) mass is 379 g/mol. The van der Waals surface area contributed by atoms with E-state index in [0.29, 0.717) is 0 Å². The zero-order valence-electron chi connectivity index (χ0n) is 17.3. The molecule has 0 aliphatic carbocycles. The lowest BCUT2D eigenvalue weighted by molar-refractivity contribution is -0.166. The molecule has 2 aromatic rings. The van der Waals surface area contributed by atoms with Crippen LogP contribution in [0.4, 0.5) is 0 Å². The lowest BCUT2D eigenvalue weighted by atomic mass is 9.79. The summed E-state index contributed by atoms with van der Waals surface area (Å²) in [5.41, 5.74) is 3.46. The number of hydrogen-bond donors (Lipinski definition) is 0. The van der Waals surface area contributed by atoms with Gasteiger partial charge in [0.2, 0.25) is 0 Å². The Bertz CT molecular complexity index is 765. The van der Waals surface area contributed by atoms with Gasteiger partial charge in [0.15, 0.2) is 0 Å². The van der Waals surface area contributed by atoms with Crippen LogP contribution in [0.15, 0.2) is 54.6 Å². The van der Waals surface area contributed by atoms with E-state index in [0.717, 1.165) is 58.5 Å². The van der Waals surface area contributed by atoms with E-state index in [4.69, 9.17) is 9.47 Å². The highest BCUT2D eigenvalue weighted by atomic mass is 16.5. The van der Waals surface area contributed by atoms with Gasteiger partial charge in [-0.25, -0.2) is 0 Å². The molecule has 2 aliphatic rings. The van der Waals surface area contributed by atoms with Gasteiger partial charge in [0.05, 0.1) is 5.60 Å². The van der Waals surface area contributed by atoms with Crippen molar-refractivity contribution in [1.29, 1.82) is 0 Å². The summed E-state index contributed by atoms with van der Waals surface area (Å²) < 4.78 is 12.9. The van der Waals surface area contributed by atoms with Crippen molar-refractivity contribution in [2.45, 2.75) is 50.7 Å². The van der Waals surface area contributed by atoms with E-state index in [1.54, 1.807) is 0 Å². The van der Waals surface area contributed by atoms with Crippen LogP contribution in [0.5, 0.6) is 0 Å². The first-order chi connectivity index (χ1) is 13.7. The third-order valence-electron chi connectivity index (χ3n) is 6.66. The third kappa shape index (κ3) is 3.41. The maximum atomic E-state index is 7.18. The first kappa shape index (κ1) is 19.6. The second-order valence-electron chi connectivity index (χ2n) is 8.08. The Balaban J connectivity index is 1.73. The van der Waals surface area contributed by atoms with E-state index >= 15 is 0 Å². The quantitative estimate of drug-likeness (QED) is 0.669. The summed E-state index contributed by atoms with van der Waals surface area (Å²) in [4.78, 5) is 2.50. The van der Waals surface area contributed by atoms with E-state index in [2.05, 4.69) is 73.3 Å². The molecule has 0 N–H and O–H groups in total. The molecule has 2 aromatic carbocycles. The molecule has 0 aromatic heterocycles. The first-order valence-corrected chi connectivity index (χ1v) is 10.9. The summed E-state index contributed by atoms with van der Waals surface area (Å²) in [5.74, 6) is 0. The van der Waals surface area contributed by atoms with Crippen molar-refractivity contribution in [3.63, 3.8) is 0 Å². The van der Waals surface area contributed by atoms with Crippen LogP contribution in [0.25, 0.3) is 0 Å². The number of benzene rings is 2. The summed E-state index contributed by atoms with van der Waals surface area (Å²) >= 11 is 0. The molecule has 0 radical (unpaired) electrons. The van der Waals surface area contributed by atoms with Crippen molar-refractivity contribution in [3.8, 4) is 0 Å². The molecule has 3 heteroatoms. The molecule has 1 spiro atoms. The Morgan fingerprint density at radius 1 is 0.857 bits per heavy atom. The highest BCUT2D eigenvalue weighted by Gasteiger charge is 2.54. The second-order valence-corrected chi connectivity index (χ2v) is 8.08. The maximum Gasteiger partial charge on any atom is 0.120 e. The average molecular weight is 380 g/mol. The molecular weight excluding hydrogens is 346 g/mol. The zero-order valence-corrected chi connectivity index (χ0v) is 17.3. The summed E-state index contributed by atoms with van der Waals surface area (Å²) in [7, 11) is 0. The van der Waals surface area contributed by atoms with Crippen molar-refractivity contribution in [1.82, 2.24) is 4.90 Å². The van der Waals surface area contributed by atoms with Crippen molar-refractivity contribution < 1.29 is 9.47 Å². The van der Waals surface area contributed by atoms with E-state index in [-0.39, 0.29) is 11.2 Å². The highest BCUT2D eigenvalue weighted by molar-refractivity contribution is 5.48. The van der Waals surface area contributed by atoms with Crippen LogP contribution in [0.1, 0.15) is 56.2 Å². The lowest BCUT2D eigenvalue weighted by Crippen LogP contribution is -2.38. The van der Waals surface area contributed by atoms with Gasteiger partial charge in [0.25, 0.3) is 0 Å². The molecule has 0 amide bonds. The van der Waals surface area contributed by atoms with Crippen molar-refractivity contribution in [3.05, 3.63) is 71.3 Å². The summed E-state index contributed by atoms with van der Waals surface area (Å²) in [6.45, 7) is 9.37. The molecule has 0 saturated carbocycles. The van der Waals surface area contributed by atoms with Gasteiger partial charge in [-0.2, -0.15) is 0 Å². The molecule has 2 aliphatic heterocycles. The molecule has 4 rings (SSSR count). The van der Waals surface area contributed by atoms with E-state index in [1.807, 2.05) is 0 Å². The molecule has 0 bridgehead atoms. The van der Waals surface area contributed by atoms with Crippen LogP contribution in [0, 0.1) is 0 Å². The Morgan fingerprint density at radius 2 is 1.50 bits per heavy atom. The van der Waals surface area contributed by atoms with E-state index < -0.39 is 0 Å². The van der Waals surface area contributed by atoms with Gasteiger partial charge < -0.3 is 14.4 Å². The number of ether oxygens (including phenoxy) is 2. The zero-order chi connectivity index (χ0) is 19.5. The Morgan fingerprint density at radius 3 is 2.18 bits per heavy atom. The van der Waals surface area contributed by atoms with Gasteiger partial charge in [0.1, 0.15) is 5.60 Å². The van der Waals surface area contributed by atoms with Crippen LogP contribution in [0.2, 0.25) is 0 Å². The smallest absolute Gasteiger partial charge is 0.120 e. The standard InChI is InChI=1S/C25H33NO2/c1-3-26(4-2)18-10-15-25(21-11-6-5-7-12-21)23-14-9-8-13-22(23)24(28-25)16-19-27-20-17-24/h5-9,11-14H,3-4,10,15-20H2,1-2H3. The van der Waals surface area contributed by atoms with Crippen molar-refractivity contribution >= 4 is 0 Å². The number of fused-ring (bicyclic) bond motifs is 2. The number of hydrogen-bond acceptors (Lipinski definition) is 3. The molecule has 1 unspecified atom stereocenters. The summed E-state index contributed by atoms with van der Waals surface area (Å²) in [6, 6.07) is 19.8. The van der Waals surface area contributed by atoms with Crippen LogP contribution >= 0.6 is 0 Å². The van der Waals surface area contributed by atoms with E-state index in [1.165, 1.54) is 16.7 Å². The highest BCUT2D eigenvalue weighted by Crippen LogP contribution is 2.56. The minimum absolute atomic E-state index is 0.208. The fourth-order valence-corrected chi connectivity index (χ4v) is 5.09. The van der Waals surface area contributed by atoms with Crippen molar-refractivity contribution in [2.75, 3.05) is 32.8 Å². The van der Waals surface area contributed by atoms with Gasteiger partial charge in [-0.05, 0) is 49.2 Å². The SMILES string of the molecule is CCN(CC)CCCC1(c2ccccc2)OC2(CCOCC2)c2ccccc21. The fourth-order valence-electron chi connectivity index (χ4n) is 5.09. The molecule has 1 atom stereocenters. The normalized spacial score (nSPS) is 23.2. The van der Waals surface area contributed by atoms with Gasteiger partial charge in [0, 0.05) is 26.1 Å². The summed E-state index contributed by atoms with van der Waals surface area (Å²) in [6.07, 6.45) is 4.01. The van der Waals surface area contributed by atoms with Gasteiger partial charge in [-0.15, -0.1) is 0 Å². The van der Waals surface area contributed by atoms with Crippen LogP contribution in [0.3, 0.4) is 0 Å².